The molecular weight excluding hydrogens is 110 g/mol. The van der Waals surface area contributed by atoms with Crippen molar-refractivity contribution in [2.45, 2.75) is 0 Å². The second-order valence-electron chi connectivity index (χ2n) is 1.36. The van der Waals surface area contributed by atoms with Gasteiger partial charge in [0.15, 0.2) is 0 Å². The molecule has 0 aliphatic carbocycles. The van der Waals surface area contributed by atoms with Gasteiger partial charge in [0.1, 0.15) is 0 Å². The highest BCUT2D eigenvalue weighted by atomic mass is 32.1. The van der Waals surface area contributed by atoms with Gasteiger partial charge in [0.2, 0.25) is 0 Å². The fourth-order valence-corrected chi connectivity index (χ4v) is 0.516. The third kappa shape index (κ3) is 2.91. The van der Waals surface area contributed by atoms with Crippen LogP contribution in [0.25, 0.3) is 0 Å². The van der Waals surface area contributed by atoms with Gasteiger partial charge in [-0.1, -0.05) is 0 Å². The van der Waals surface area contributed by atoms with Crippen LogP contribution in [0.5, 0.6) is 0 Å². The SMILES string of the molecule is C1COCCN1.S. The van der Waals surface area contributed by atoms with Crippen LogP contribution in [0.3, 0.4) is 0 Å². The maximum Gasteiger partial charge on any atom is 0.0591 e. The quantitative estimate of drug-likeness (QED) is 0.476. The minimum Gasteiger partial charge on any atom is -0.379 e. The van der Waals surface area contributed by atoms with E-state index in [0.717, 1.165) is 26.3 Å². The fourth-order valence-electron chi connectivity index (χ4n) is 0.516. The lowest BCUT2D eigenvalue weighted by molar-refractivity contribution is 0.109. The normalized spacial score (nSPS) is 20.6. The molecule has 44 valence electrons. The fraction of sp³-hybridized carbons (Fsp3) is 1.00. The summed E-state index contributed by atoms with van der Waals surface area (Å²) in [6.45, 7) is 3.83. The zero-order chi connectivity index (χ0) is 4.24. The zero-order valence-corrected chi connectivity index (χ0v) is 5.24. The average molecular weight is 121 g/mol. The molecule has 1 N–H and O–H groups in total. The molecule has 0 spiro atoms. The predicted molar refractivity (Wildman–Crippen MR) is 34.1 cm³/mol. The molecule has 0 bridgehead atoms. The van der Waals surface area contributed by atoms with Crippen molar-refractivity contribution >= 4 is 13.5 Å². The lowest BCUT2D eigenvalue weighted by Crippen LogP contribution is -2.30. The van der Waals surface area contributed by atoms with Gasteiger partial charge in [-0.05, 0) is 0 Å². The summed E-state index contributed by atoms with van der Waals surface area (Å²) in [4.78, 5) is 0. The van der Waals surface area contributed by atoms with Crippen LogP contribution in [0, 0.1) is 0 Å². The lowest BCUT2D eigenvalue weighted by Gasteiger charge is -2.10. The highest BCUT2D eigenvalue weighted by Crippen LogP contribution is 1.76. The Morgan fingerprint density at radius 1 is 1.14 bits per heavy atom. The van der Waals surface area contributed by atoms with E-state index in [1.165, 1.54) is 0 Å². The minimum absolute atomic E-state index is 0. The van der Waals surface area contributed by atoms with Crippen molar-refractivity contribution < 1.29 is 4.74 Å². The van der Waals surface area contributed by atoms with E-state index in [4.69, 9.17) is 4.74 Å². The summed E-state index contributed by atoms with van der Waals surface area (Å²) in [5.74, 6) is 0. The van der Waals surface area contributed by atoms with Gasteiger partial charge < -0.3 is 10.1 Å². The molecule has 0 saturated carbocycles. The minimum atomic E-state index is 0. The lowest BCUT2D eigenvalue weighted by atomic mass is 10.5. The summed E-state index contributed by atoms with van der Waals surface area (Å²) in [6, 6.07) is 0. The molecule has 0 atom stereocenters. The topological polar surface area (TPSA) is 21.3 Å². The van der Waals surface area contributed by atoms with E-state index in [0.29, 0.717) is 0 Å². The molecule has 1 saturated heterocycles. The van der Waals surface area contributed by atoms with Crippen LogP contribution in [0.2, 0.25) is 0 Å². The van der Waals surface area contributed by atoms with E-state index >= 15 is 0 Å². The number of rotatable bonds is 0. The first kappa shape index (κ1) is 7.27. The van der Waals surface area contributed by atoms with E-state index < -0.39 is 0 Å². The molecule has 0 aromatic carbocycles. The van der Waals surface area contributed by atoms with Crippen LogP contribution in [0.15, 0.2) is 0 Å². The Morgan fingerprint density at radius 2 is 1.71 bits per heavy atom. The largest absolute Gasteiger partial charge is 0.379 e. The molecule has 1 fully saturated rings. The Hall–Kier alpha value is 0.270. The molecule has 0 aromatic rings. The van der Waals surface area contributed by atoms with Crippen molar-refractivity contribution in [1.29, 1.82) is 0 Å². The molecule has 7 heavy (non-hydrogen) atoms. The average Bonchev–Trinajstić information content (AvgIpc) is 1.72. The Morgan fingerprint density at radius 3 is 1.86 bits per heavy atom. The molecule has 3 heteroatoms. The molecular formula is C4H11NOS. The highest BCUT2D eigenvalue weighted by molar-refractivity contribution is 7.59. The van der Waals surface area contributed by atoms with Gasteiger partial charge in [0.25, 0.3) is 0 Å². The van der Waals surface area contributed by atoms with E-state index in [-0.39, 0.29) is 13.5 Å². The van der Waals surface area contributed by atoms with Crippen molar-refractivity contribution in [2.24, 2.45) is 0 Å². The van der Waals surface area contributed by atoms with Gasteiger partial charge in [0.05, 0.1) is 13.2 Å². The Bertz CT molecular complexity index is 27.2. The second kappa shape index (κ2) is 4.43. The van der Waals surface area contributed by atoms with Gasteiger partial charge in [-0.25, -0.2) is 0 Å². The van der Waals surface area contributed by atoms with Crippen LogP contribution >= 0.6 is 13.5 Å². The summed E-state index contributed by atoms with van der Waals surface area (Å²) >= 11 is 0. The third-order valence-electron chi connectivity index (χ3n) is 0.846. The molecule has 1 rings (SSSR count). The van der Waals surface area contributed by atoms with Crippen molar-refractivity contribution in [3.05, 3.63) is 0 Å². The van der Waals surface area contributed by atoms with Crippen molar-refractivity contribution in [1.82, 2.24) is 5.32 Å². The molecule has 0 amide bonds. The predicted octanol–water partition coefficient (Wildman–Crippen LogP) is -0.281. The standard InChI is InChI=1S/C4H9NO.H2S/c1-3-6-4-2-5-1;/h5H,1-4H2;1H2. The highest BCUT2D eigenvalue weighted by Gasteiger charge is 1.92. The van der Waals surface area contributed by atoms with Gasteiger partial charge in [0, 0.05) is 13.1 Å². The number of ether oxygens (including phenoxy) is 1. The Kier molecular flexibility index (Phi) is 4.60. The van der Waals surface area contributed by atoms with E-state index in [9.17, 15) is 0 Å². The van der Waals surface area contributed by atoms with Crippen molar-refractivity contribution in [3.63, 3.8) is 0 Å². The van der Waals surface area contributed by atoms with Crippen molar-refractivity contribution in [3.8, 4) is 0 Å². The number of nitrogens with one attached hydrogen (secondary N) is 1. The summed E-state index contributed by atoms with van der Waals surface area (Å²) in [6.07, 6.45) is 0. The van der Waals surface area contributed by atoms with Crippen LogP contribution in [0.4, 0.5) is 0 Å². The molecule has 1 heterocycles. The first-order valence-corrected chi connectivity index (χ1v) is 2.28. The third-order valence-corrected chi connectivity index (χ3v) is 0.846. The smallest absolute Gasteiger partial charge is 0.0591 e. The second-order valence-corrected chi connectivity index (χ2v) is 1.36. The van der Waals surface area contributed by atoms with Crippen molar-refractivity contribution in [2.75, 3.05) is 26.3 Å². The molecule has 0 aromatic heterocycles. The summed E-state index contributed by atoms with van der Waals surface area (Å²) in [5.41, 5.74) is 0. The molecule has 1 aliphatic rings. The van der Waals surface area contributed by atoms with E-state index in [1.807, 2.05) is 0 Å². The molecule has 0 unspecified atom stereocenters. The van der Waals surface area contributed by atoms with E-state index in [1.54, 1.807) is 0 Å². The summed E-state index contributed by atoms with van der Waals surface area (Å²) in [5, 5.41) is 3.16. The Balaban J connectivity index is 0.000000360. The van der Waals surface area contributed by atoms with Gasteiger partial charge >= 0.3 is 0 Å². The summed E-state index contributed by atoms with van der Waals surface area (Å²) < 4.78 is 5.01. The van der Waals surface area contributed by atoms with Crippen LogP contribution in [0.1, 0.15) is 0 Å². The molecule has 0 radical (unpaired) electrons. The first-order valence-electron chi connectivity index (χ1n) is 2.28. The maximum absolute atomic E-state index is 5.01. The zero-order valence-electron chi connectivity index (χ0n) is 4.24. The molecule has 1 aliphatic heterocycles. The Labute approximate surface area is 50.7 Å². The maximum atomic E-state index is 5.01. The van der Waals surface area contributed by atoms with Crippen LogP contribution in [-0.2, 0) is 4.74 Å². The van der Waals surface area contributed by atoms with Gasteiger partial charge in [-0.15, -0.1) is 0 Å². The van der Waals surface area contributed by atoms with E-state index in [2.05, 4.69) is 5.32 Å². The number of morpholine rings is 1. The number of hydrogen-bond acceptors (Lipinski definition) is 2. The van der Waals surface area contributed by atoms with Gasteiger partial charge in [-0.2, -0.15) is 13.5 Å². The van der Waals surface area contributed by atoms with Crippen LogP contribution in [-0.4, -0.2) is 26.3 Å². The van der Waals surface area contributed by atoms with Crippen LogP contribution < -0.4 is 5.32 Å². The first-order chi connectivity index (χ1) is 3.00. The number of hydrogen-bond donors (Lipinski definition) is 1. The summed E-state index contributed by atoms with van der Waals surface area (Å²) in [7, 11) is 0. The monoisotopic (exact) mass is 121 g/mol. The van der Waals surface area contributed by atoms with Gasteiger partial charge in [-0.3, -0.25) is 0 Å². The molecule has 2 nitrogen and oxygen atoms in total.